The largest absolute Gasteiger partial charge is 0.472 e. The number of hydrogen-bond donors (Lipinski definition) is 0. The van der Waals surface area contributed by atoms with Gasteiger partial charge < -0.3 is 4.74 Å². The predicted octanol–water partition coefficient (Wildman–Crippen LogP) is 1.23. The van der Waals surface area contributed by atoms with Crippen LogP contribution in [0.15, 0.2) is 47.8 Å². The topological polar surface area (TPSA) is 116 Å². The maximum atomic E-state index is 12.6. The van der Waals surface area contributed by atoms with Crippen LogP contribution in [0.3, 0.4) is 0 Å². The Hall–Kier alpha value is -2.59. The SMILES string of the molecule is O=[N+]([O-])c1cccc(S(=O)(=O)N2CCC(Oc3cnccn3)C2)c1. The Morgan fingerprint density at radius 3 is 2.88 bits per heavy atom. The van der Waals surface area contributed by atoms with Crippen LogP contribution >= 0.6 is 0 Å². The normalized spacial score (nSPS) is 18.4. The number of rotatable bonds is 5. The molecule has 0 spiro atoms. The number of nitro groups is 1. The molecule has 1 saturated heterocycles. The molecule has 0 saturated carbocycles. The van der Waals surface area contributed by atoms with Gasteiger partial charge in [0, 0.05) is 31.1 Å². The molecule has 2 aromatic rings. The van der Waals surface area contributed by atoms with E-state index in [1.54, 1.807) is 0 Å². The van der Waals surface area contributed by atoms with Gasteiger partial charge in [-0.2, -0.15) is 4.31 Å². The minimum Gasteiger partial charge on any atom is -0.472 e. The molecule has 1 aliphatic rings. The fourth-order valence-electron chi connectivity index (χ4n) is 2.44. The van der Waals surface area contributed by atoms with Crippen molar-refractivity contribution in [1.82, 2.24) is 14.3 Å². The summed E-state index contributed by atoms with van der Waals surface area (Å²) in [6, 6.07) is 5.02. The molecule has 0 amide bonds. The number of benzene rings is 1. The third-order valence-electron chi connectivity index (χ3n) is 3.60. The number of ether oxygens (including phenoxy) is 1. The zero-order chi connectivity index (χ0) is 17.2. The van der Waals surface area contributed by atoms with Crippen LogP contribution in [0.25, 0.3) is 0 Å². The van der Waals surface area contributed by atoms with Gasteiger partial charge >= 0.3 is 0 Å². The first-order valence-electron chi connectivity index (χ1n) is 7.14. The summed E-state index contributed by atoms with van der Waals surface area (Å²) in [5.74, 6) is 0.331. The van der Waals surface area contributed by atoms with Crippen molar-refractivity contribution in [3.05, 3.63) is 53.0 Å². The van der Waals surface area contributed by atoms with Crippen LogP contribution in [0.2, 0.25) is 0 Å². The highest BCUT2D eigenvalue weighted by atomic mass is 32.2. The van der Waals surface area contributed by atoms with Gasteiger partial charge in [0.15, 0.2) is 0 Å². The van der Waals surface area contributed by atoms with Crippen LogP contribution < -0.4 is 4.74 Å². The number of nitro benzene ring substituents is 1. The van der Waals surface area contributed by atoms with Crippen molar-refractivity contribution in [2.24, 2.45) is 0 Å². The summed E-state index contributed by atoms with van der Waals surface area (Å²) in [4.78, 5) is 18.0. The van der Waals surface area contributed by atoms with Crippen LogP contribution in [-0.2, 0) is 10.0 Å². The Labute approximate surface area is 138 Å². The average Bonchev–Trinajstić information content (AvgIpc) is 3.05. The molecule has 0 N–H and O–H groups in total. The van der Waals surface area contributed by atoms with Gasteiger partial charge in [0.1, 0.15) is 6.10 Å². The zero-order valence-electron chi connectivity index (χ0n) is 12.5. The molecule has 3 rings (SSSR count). The summed E-state index contributed by atoms with van der Waals surface area (Å²) in [6.07, 6.45) is 4.63. The van der Waals surface area contributed by atoms with Gasteiger partial charge in [-0.15, -0.1) is 0 Å². The molecule has 126 valence electrons. The Bertz CT molecular complexity index is 843. The van der Waals surface area contributed by atoms with E-state index in [4.69, 9.17) is 4.74 Å². The molecule has 1 aliphatic heterocycles. The molecule has 0 bridgehead atoms. The van der Waals surface area contributed by atoms with Crippen LogP contribution in [-0.4, -0.2) is 46.8 Å². The molecule has 1 aromatic carbocycles. The average molecular weight is 350 g/mol. The van der Waals surface area contributed by atoms with E-state index in [1.807, 2.05) is 0 Å². The van der Waals surface area contributed by atoms with E-state index in [9.17, 15) is 18.5 Å². The standard InChI is InChI=1S/C14H14N4O5S/c19-18(20)11-2-1-3-13(8-11)24(21,22)17-7-4-12(10-17)23-14-9-15-5-6-16-14/h1-3,5-6,8-9,12H,4,7,10H2. The van der Waals surface area contributed by atoms with Crippen LogP contribution in [0.1, 0.15) is 6.42 Å². The molecule has 1 aromatic heterocycles. The Morgan fingerprint density at radius 1 is 1.33 bits per heavy atom. The van der Waals surface area contributed by atoms with E-state index in [1.165, 1.54) is 41.1 Å². The van der Waals surface area contributed by atoms with Gasteiger partial charge in [-0.1, -0.05) is 6.07 Å². The van der Waals surface area contributed by atoms with Gasteiger partial charge in [0.05, 0.1) is 22.6 Å². The number of hydrogen-bond acceptors (Lipinski definition) is 7. The van der Waals surface area contributed by atoms with E-state index in [2.05, 4.69) is 9.97 Å². The Balaban J connectivity index is 1.74. The van der Waals surface area contributed by atoms with Gasteiger partial charge in [-0.25, -0.2) is 13.4 Å². The highest BCUT2D eigenvalue weighted by Gasteiger charge is 2.34. The maximum Gasteiger partial charge on any atom is 0.270 e. The number of aromatic nitrogens is 2. The molecule has 10 heteroatoms. The fraction of sp³-hybridized carbons (Fsp3) is 0.286. The minimum atomic E-state index is -3.81. The van der Waals surface area contributed by atoms with E-state index in [-0.39, 0.29) is 29.8 Å². The quantitative estimate of drug-likeness (QED) is 0.588. The second-order valence-corrected chi connectivity index (χ2v) is 7.13. The van der Waals surface area contributed by atoms with Crippen molar-refractivity contribution in [2.45, 2.75) is 17.4 Å². The second-order valence-electron chi connectivity index (χ2n) is 5.19. The summed E-state index contributed by atoms with van der Waals surface area (Å²) < 4.78 is 32.1. The highest BCUT2D eigenvalue weighted by Crippen LogP contribution is 2.25. The van der Waals surface area contributed by atoms with E-state index < -0.39 is 14.9 Å². The van der Waals surface area contributed by atoms with Gasteiger partial charge in [-0.05, 0) is 12.5 Å². The first-order valence-corrected chi connectivity index (χ1v) is 8.58. The lowest BCUT2D eigenvalue weighted by molar-refractivity contribution is -0.385. The molecule has 9 nitrogen and oxygen atoms in total. The summed E-state index contributed by atoms with van der Waals surface area (Å²) in [7, 11) is -3.81. The molecule has 24 heavy (non-hydrogen) atoms. The smallest absolute Gasteiger partial charge is 0.270 e. The Morgan fingerprint density at radius 2 is 2.17 bits per heavy atom. The van der Waals surface area contributed by atoms with Crippen LogP contribution in [0.4, 0.5) is 5.69 Å². The van der Waals surface area contributed by atoms with Gasteiger partial charge in [-0.3, -0.25) is 15.1 Å². The third-order valence-corrected chi connectivity index (χ3v) is 5.46. The first kappa shape index (κ1) is 16.3. The molecule has 2 heterocycles. The molecule has 1 unspecified atom stereocenters. The van der Waals surface area contributed by atoms with Crippen molar-refractivity contribution in [3.63, 3.8) is 0 Å². The van der Waals surface area contributed by atoms with E-state index in [0.29, 0.717) is 12.3 Å². The third kappa shape index (κ3) is 3.34. The van der Waals surface area contributed by atoms with Crippen molar-refractivity contribution in [3.8, 4) is 5.88 Å². The lowest BCUT2D eigenvalue weighted by Crippen LogP contribution is -2.31. The zero-order valence-corrected chi connectivity index (χ0v) is 13.3. The lowest BCUT2D eigenvalue weighted by Gasteiger charge is -2.16. The van der Waals surface area contributed by atoms with E-state index in [0.717, 1.165) is 6.07 Å². The monoisotopic (exact) mass is 350 g/mol. The predicted molar refractivity (Wildman–Crippen MR) is 82.9 cm³/mol. The summed E-state index contributed by atoms with van der Waals surface area (Å²) in [5, 5.41) is 10.8. The molecule has 1 fully saturated rings. The van der Waals surface area contributed by atoms with Gasteiger partial charge in [0.2, 0.25) is 15.9 Å². The molecule has 1 atom stereocenters. The summed E-state index contributed by atoms with van der Waals surface area (Å²) in [6.45, 7) is 0.428. The maximum absolute atomic E-state index is 12.6. The lowest BCUT2D eigenvalue weighted by atomic mass is 10.3. The van der Waals surface area contributed by atoms with Crippen LogP contribution in [0.5, 0.6) is 5.88 Å². The number of sulfonamides is 1. The van der Waals surface area contributed by atoms with Crippen molar-refractivity contribution in [2.75, 3.05) is 13.1 Å². The van der Waals surface area contributed by atoms with Crippen LogP contribution in [0, 0.1) is 10.1 Å². The second kappa shape index (κ2) is 6.49. The first-order chi connectivity index (χ1) is 11.5. The van der Waals surface area contributed by atoms with Crippen molar-refractivity contribution >= 4 is 15.7 Å². The minimum absolute atomic E-state index is 0.100. The molecular weight excluding hydrogens is 336 g/mol. The number of nitrogens with zero attached hydrogens (tertiary/aromatic N) is 4. The van der Waals surface area contributed by atoms with Crippen molar-refractivity contribution in [1.29, 1.82) is 0 Å². The van der Waals surface area contributed by atoms with Crippen molar-refractivity contribution < 1.29 is 18.1 Å². The Kier molecular flexibility index (Phi) is 4.40. The molecular formula is C14H14N4O5S. The van der Waals surface area contributed by atoms with Gasteiger partial charge in [0.25, 0.3) is 5.69 Å². The molecule has 0 aliphatic carbocycles. The summed E-state index contributed by atoms with van der Waals surface area (Å²) in [5.41, 5.74) is -0.261. The number of non-ortho nitro benzene ring substituents is 1. The molecule has 0 radical (unpaired) electrons. The summed E-state index contributed by atoms with van der Waals surface area (Å²) >= 11 is 0. The van der Waals surface area contributed by atoms with E-state index >= 15 is 0 Å². The highest BCUT2D eigenvalue weighted by molar-refractivity contribution is 7.89. The fourth-order valence-corrected chi connectivity index (χ4v) is 3.96.